The molecular weight excluding hydrogens is 476 g/mol. The van der Waals surface area contributed by atoms with Crippen molar-refractivity contribution in [3.05, 3.63) is 95.6 Å². The second kappa shape index (κ2) is 13.8. The third kappa shape index (κ3) is 8.18. The van der Waals surface area contributed by atoms with Crippen LogP contribution in [0.4, 0.5) is 0 Å². The number of likely N-dealkylation sites (tertiary alicyclic amines) is 1. The Bertz CT molecular complexity index is 1150. The molecule has 1 fully saturated rings. The summed E-state index contributed by atoms with van der Waals surface area (Å²) in [7, 11) is 0. The summed E-state index contributed by atoms with van der Waals surface area (Å²) < 4.78 is 5.84. The number of amides is 1. The first kappa shape index (κ1) is 27.4. The Morgan fingerprint density at radius 3 is 2.16 bits per heavy atom. The lowest BCUT2D eigenvalue weighted by molar-refractivity contribution is -0.126. The van der Waals surface area contributed by atoms with Gasteiger partial charge in [-0.1, -0.05) is 62.2 Å². The van der Waals surface area contributed by atoms with Crippen molar-refractivity contribution < 1.29 is 19.4 Å². The molecule has 1 heterocycles. The minimum Gasteiger partial charge on any atom is -0.478 e. The predicted octanol–water partition coefficient (Wildman–Crippen LogP) is 6.31. The SMILES string of the molecule is CCCCC(Cc1ccccc1)C(=O)NC1CCN(Cc2ccc(Oc3ccc(C(=O)O)cc3)cc2)CC1. The van der Waals surface area contributed by atoms with Gasteiger partial charge in [-0.3, -0.25) is 9.69 Å². The van der Waals surface area contributed by atoms with Gasteiger partial charge in [0.15, 0.2) is 0 Å². The average molecular weight is 515 g/mol. The Balaban J connectivity index is 1.22. The maximum absolute atomic E-state index is 13.1. The second-order valence-corrected chi connectivity index (χ2v) is 10.2. The molecule has 1 aliphatic rings. The van der Waals surface area contributed by atoms with Crippen LogP contribution >= 0.6 is 0 Å². The van der Waals surface area contributed by atoms with E-state index < -0.39 is 5.97 Å². The zero-order chi connectivity index (χ0) is 26.7. The number of carbonyl (C=O) groups is 2. The highest BCUT2D eigenvalue weighted by molar-refractivity contribution is 5.87. The van der Waals surface area contributed by atoms with Crippen molar-refractivity contribution in [3.8, 4) is 11.5 Å². The van der Waals surface area contributed by atoms with Crippen LogP contribution in [0, 0.1) is 5.92 Å². The number of rotatable bonds is 12. The molecule has 4 rings (SSSR count). The first-order valence-electron chi connectivity index (χ1n) is 13.7. The van der Waals surface area contributed by atoms with Crippen LogP contribution in [0.15, 0.2) is 78.9 Å². The lowest BCUT2D eigenvalue weighted by Gasteiger charge is -2.33. The third-order valence-electron chi connectivity index (χ3n) is 7.20. The highest BCUT2D eigenvalue weighted by atomic mass is 16.5. The smallest absolute Gasteiger partial charge is 0.335 e. The highest BCUT2D eigenvalue weighted by Crippen LogP contribution is 2.23. The predicted molar refractivity (Wildman–Crippen MR) is 150 cm³/mol. The van der Waals surface area contributed by atoms with Crippen LogP contribution in [0.3, 0.4) is 0 Å². The Labute approximate surface area is 225 Å². The molecule has 1 amide bonds. The zero-order valence-electron chi connectivity index (χ0n) is 22.1. The number of carbonyl (C=O) groups excluding carboxylic acids is 1. The summed E-state index contributed by atoms with van der Waals surface area (Å²) in [6.07, 6.45) is 5.84. The molecule has 0 aromatic heterocycles. The van der Waals surface area contributed by atoms with Crippen LogP contribution in [-0.2, 0) is 17.8 Å². The molecule has 1 unspecified atom stereocenters. The fourth-order valence-corrected chi connectivity index (χ4v) is 4.95. The summed E-state index contributed by atoms with van der Waals surface area (Å²) in [5.74, 6) is 0.602. The topological polar surface area (TPSA) is 78.9 Å². The maximum Gasteiger partial charge on any atom is 0.335 e. The van der Waals surface area contributed by atoms with E-state index in [0.717, 1.165) is 58.2 Å². The zero-order valence-corrected chi connectivity index (χ0v) is 22.1. The van der Waals surface area contributed by atoms with Crippen LogP contribution in [0.25, 0.3) is 0 Å². The molecule has 38 heavy (non-hydrogen) atoms. The van der Waals surface area contributed by atoms with Crippen LogP contribution in [0.1, 0.15) is 60.5 Å². The molecule has 3 aromatic rings. The van der Waals surface area contributed by atoms with Gasteiger partial charge in [-0.2, -0.15) is 0 Å². The van der Waals surface area contributed by atoms with E-state index in [1.54, 1.807) is 12.1 Å². The van der Waals surface area contributed by atoms with Crippen LogP contribution in [0.2, 0.25) is 0 Å². The van der Waals surface area contributed by atoms with Crippen molar-refractivity contribution in [1.82, 2.24) is 10.2 Å². The van der Waals surface area contributed by atoms with Gasteiger partial charge in [0.1, 0.15) is 11.5 Å². The van der Waals surface area contributed by atoms with Crippen molar-refractivity contribution in [2.24, 2.45) is 5.92 Å². The molecule has 1 aliphatic heterocycles. The number of hydrogen-bond acceptors (Lipinski definition) is 4. The van der Waals surface area contributed by atoms with E-state index >= 15 is 0 Å². The van der Waals surface area contributed by atoms with E-state index in [1.165, 1.54) is 23.3 Å². The summed E-state index contributed by atoms with van der Waals surface area (Å²) >= 11 is 0. The minimum atomic E-state index is -0.952. The lowest BCUT2D eigenvalue weighted by atomic mass is 9.92. The normalized spacial score (nSPS) is 15.1. The van der Waals surface area contributed by atoms with Crippen LogP contribution in [-0.4, -0.2) is 41.0 Å². The molecular formula is C32H38N2O4. The van der Waals surface area contributed by atoms with Gasteiger partial charge in [0.2, 0.25) is 5.91 Å². The van der Waals surface area contributed by atoms with E-state index in [4.69, 9.17) is 9.84 Å². The summed E-state index contributed by atoms with van der Waals surface area (Å²) in [6.45, 7) is 4.95. The molecule has 0 saturated carbocycles. The second-order valence-electron chi connectivity index (χ2n) is 10.2. The van der Waals surface area contributed by atoms with Crippen molar-refractivity contribution >= 4 is 11.9 Å². The van der Waals surface area contributed by atoms with E-state index in [1.807, 2.05) is 30.3 Å². The molecule has 1 saturated heterocycles. The Morgan fingerprint density at radius 1 is 0.921 bits per heavy atom. The van der Waals surface area contributed by atoms with Gasteiger partial charge in [-0.15, -0.1) is 0 Å². The number of carboxylic acid groups (broad SMARTS) is 1. The number of ether oxygens (including phenoxy) is 1. The molecule has 2 N–H and O–H groups in total. The molecule has 0 spiro atoms. The first-order chi connectivity index (χ1) is 18.5. The molecule has 200 valence electrons. The number of unbranched alkanes of at least 4 members (excludes halogenated alkanes) is 1. The Kier molecular flexibility index (Phi) is 9.93. The number of nitrogens with zero attached hydrogens (tertiary/aromatic N) is 1. The number of benzene rings is 3. The van der Waals surface area contributed by atoms with E-state index in [9.17, 15) is 9.59 Å². The van der Waals surface area contributed by atoms with Crippen molar-refractivity contribution in [2.45, 2.75) is 58.0 Å². The van der Waals surface area contributed by atoms with Gasteiger partial charge in [-0.25, -0.2) is 4.79 Å². The average Bonchev–Trinajstić information content (AvgIpc) is 2.94. The lowest BCUT2D eigenvalue weighted by Crippen LogP contribution is -2.46. The molecule has 1 atom stereocenters. The van der Waals surface area contributed by atoms with E-state index in [0.29, 0.717) is 11.5 Å². The molecule has 0 aliphatic carbocycles. The van der Waals surface area contributed by atoms with Crippen LogP contribution < -0.4 is 10.1 Å². The maximum atomic E-state index is 13.1. The quantitative estimate of drug-likeness (QED) is 0.296. The molecule has 6 nitrogen and oxygen atoms in total. The van der Waals surface area contributed by atoms with Gasteiger partial charge in [0.05, 0.1) is 5.56 Å². The number of hydrogen-bond donors (Lipinski definition) is 2. The van der Waals surface area contributed by atoms with Gasteiger partial charge < -0.3 is 15.2 Å². The van der Waals surface area contributed by atoms with Gasteiger partial charge in [0, 0.05) is 31.6 Å². The highest BCUT2D eigenvalue weighted by Gasteiger charge is 2.25. The fraction of sp³-hybridized carbons (Fsp3) is 0.375. The molecule has 0 radical (unpaired) electrons. The summed E-state index contributed by atoms with van der Waals surface area (Å²) in [5, 5.41) is 12.4. The van der Waals surface area contributed by atoms with Gasteiger partial charge >= 0.3 is 5.97 Å². The number of nitrogens with one attached hydrogen (secondary N) is 1. The van der Waals surface area contributed by atoms with Gasteiger partial charge in [-0.05, 0) is 73.2 Å². The van der Waals surface area contributed by atoms with Crippen LogP contribution in [0.5, 0.6) is 11.5 Å². The summed E-state index contributed by atoms with van der Waals surface area (Å²) in [6, 6.07) is 25.0. The van der Waals surface area contributed by atoms with E-state index in [-0.39, 0.29) is 23.4 Å². The summed E-state index contributed by atoms with van der Waals surface area (Å²) in [4.78, 5) is 26.6. The minimum absolute atomic E-state index is 0.0335. The monoisotopic (exact) mass is 514 g/mol. The molecule has 6 heteroatoms. The molecule has 3 aromatic carbocycles. The first-order valence-corrected chi connectivity index (χ1v) is 13.7. The standard InChI is InChI=1S/C32H38N2O4/c1-2-3-9-27(22-24-7-5-4-6-8-24)31(35)33-28-18-20-34(21-19-28)23-25-10-14-29(15-11-25)38-30-16-12-26(13-17-30)32(36)37/h4-8,10-17,27-28H,2-3,9,18-23H2,1H3,(H,33,35)(H,36,37). The third-order valence-corrected chi connectivity index (χ3v) is 7.20. The van der Waals surface area contributed by atoms with E-state index in [2.05, 4.69) is 41.4 Å². The van der Waals surface area contributed by atoms with Crippen molar-refractivity contribution in [2.75, 3.05) is 13.1 Å². The van der Waals surface area contributed by atoms with Crippen molar-refractivity contribution in [3.63, 3.8) is 0 Å². The number of aromatic carboxylic acids is 1. The van der Waals surface area contributed by atoms with Crippen molar-refractivity contribution in [1.29, 1.82) is 0 Å². The summed E-state index contributed by atoms with van der Waals surface area (Å²) in [5.41, 5.74) is 2.68. The number of piperidine rings is 1. The Hall–Kier alpha value is -3.64. The fourth-order valence-electron chi connectivity index (χ4n) is 4.95. The van der Waals surface area contributed by atoms with Gasteiger partial charge in [0.25, 0.3) is 0 Å². The molecule has 0 bridgehead atoms. The Morgan fingerprint density at radius 2 is 1.55 bits per heavy atom. The number of carboxylic acids is 1. The largest absolute Gasteiger partial charge is 0.478 e.